The van der Waals surface area contributed by atoms with Crippen LogP contribution in [0, 0.1) is 6.92 Å². The molecule has 162 valence electrons. The van der Waals surface area contributed by atoms with Gasteiger partial charge in [-0.25, -0.2) is 0 Å². The van der Waals surface area contributed by atoms with Gasteiger partial charge in [-0.2, -0.15) is 0 Å². The maximum atomic E-state index is 12.9. The molecule has 31 heavy (non-hydrogen) atoms. The fourth-order valence-corrected chi connectivity index (χ4v) is 3.49. The first-order chi connectivity index (χ1) is 15.0. The molecule has 2 heterocycles. The van der Waals surface area contributed by atoms with Gasteiger partial charge < -0.3 is 23.9 Å². The number of aryl methyl sites for hydroxylation is 1. The predicted molar refractivity (Wildman–Crippen MR) is 116 cm³/mol. The van der Waals surface area contributed by atoms with Crippen molar-refractivity contribution in [2.75, 3.05) is 13.2 Å². The third kappa shape index (κ3) is 4.88. The summed E-state index contributed by atoms with van der Waals surface area (Å²) in [5.41, 5.74) is 0.101. The van der Waals surface area contributed by atoms with E-state index in [9.17, 15) is 9.59 Å². The molecule has 7 heteroatoms. The number of carbonyl (C=O) groups excluding carboxylic acids is 1. The topological polar surface area (TPSA) is 87.0 Å². The van der Waals surface area contributed by atoms with Gasteiger partial charge in [-0.3, -0.25) is 9.59 Å². The first kappa shape index (κ1) is 20.9. The molecule has 2 atom stereocenters. The molecule has 1 fully saturated rings. The van der Waals surface area contributed by atoms with E-state index < -0.39 is 6.10 Å². The van der Waals surface area contributed by atoms with Crippen molar-refractivity contribution in [3.8, 4) is 17.2 Å². The Labute approximate surface area is 179 Å². The Bertz CT molecular complexity index is 1120. The van der Waals surface area contributed by atoms with E-state index in [-0.39, 0.29) is 23.2 Å². The van der Waals surface area contributed by atoms with Crippen molar-refractivity contribution in [2.45, 2.75) is 38.9 Å². The highest BCUT2D eigenvalue weighted by Gasteiger charge is 2.20. The Morgan fingerprint density at radius 2 is 2.00 bits per heavy atom. The summed E-state index contributed by atoms with van der Waals surface area (Å²) in [4.78, 5) is 25.2. The molecule has 0 bridgehead atoms. The van der Waals surface area contributed by atoms with Crippen LogP contribution >= 0.6 is 0 Å². The van der Waals surface area contributed by atoms with Gasteiger partial charge in [0.05, 0.1) is 11.5 Å². The molecule has 1 N–H and O–H groups in total. The summed E-state index contributed by atoms with van der Waals surface area (Å²) in [7, 11) is 0. The largest absolute Gasteiger partial charge is 0.481 e. The Kier molecular flexibility index (Phi) is 6.23. The lowest BCUT2D eigenvalue weighted by atomic mass is 10.2. The summed E-state index contributed by atoms with van der Waals surface area (Å²) in [5.74, 6) is 1.28. The van der Waals surface area contributed by atoms with Crippen LogP contribution in [0.25, 0.3) is 11.0 Å². The standard InChI is InChI=1S/C24H25NO6/c1-15-23(31-17-7-4-3-5-8-17)22(26)20-11-10-18(13-21(20)30-15)29-16(2)24(27)25-14-19-9-6-12-28-19/h3-5,7-8,10-11,13,16,19H,6,9,12,14H2,1-2H3,(H,25,27)/t16-,19+/m0/s1. The van der Waals surface area contributed by atoms with Gasteiger partial charge in [0.2, 0.25) is 11.2 Å². The van der Waals surface area contributed by atoms with Gasteiger partial charge >= 0.3 is 0 Å². The van der Waals surface area contributed by atoms with Crippen molar-refractivity contribution in [2.24, 2.45) is 0 Å². The summed E-state index contributed by atoms with van der Waals surface area (Å²) in [6.07, 6.45) is 1.34. The fraction of sp³-hybridized carbons (Fsp3) is 0.333. The van der Waals surface area contributed by atoms with Crippen LogP contribution in [-0.2, 0) is 9.53 Å². The van der Waals surface area contributed by atoms with E-state index in [0.717, 1.165) is 19.4 Å². The molecular formula is C24H25NO6. The maximum Gasteiger partial charge on any atom is 0.260 e. The van der Waals surface area contributed by atoms with Crippen LogP contribution < -0.4 is 20.2 Å². The molecule has 2 aromatic carbocycles. The number of carbonyl (C=O) groups is 1. The first-order valence-electron chi connectivity index (χ1n) is 10.4. The number of fused-ring (bicyclic) bond motifs is 1. The smallest absolute Gasteiger partial charge is 0.260 e. The maximum absolute atomic E-state index is 12.9. The molecular weight excluding hydrogens is 398 g/mol. The average molecular weight is 423 g/mol. The summed E-state index contributed by atoms with van der Waals surface area (Å²) in [6, 6.07) is 13.9. The second kappa shape index (κ2) is 9.22. The zero-order valence-electron chi connectivity index (χ0n) is 17.6. The van der Waals surface area contributed by atoms with Gasteiger partial charge in [-0.15, -0.1) is 0 Å². The number of rotatable bonds is 7. The lowest BCUT2D eigenvalue weighted by Crippen LogP contribution is -2.40. The second-order valence-electron chi connectivity index (χ2n) is 7.53. The highest BCUT2D eigenvalue weighted by atomic mass is 16.5. The zero-order chi connectivity index (χ0) is 21.8. The van der Waals surface area contributed by atoms with E-state index in [1.165, 1.54) is 0 Å². The van der Waals surface area contributed by atoms with Crippen LogP contribution in [0.1, 0.15) is 25.5 Å². The lowest BCUT2D eigenvalue weighted by molar-refractivity contribution is -0.127. The summed E-state index contributed by atoms with van der Waals surface area (Å²) < 4.78 is 22.8. The summed E-state index contributed by atoms with van der Waals surface area (Å²) in [5, 5.41) is 3.23. The molecule has 1 aromatic heterocycles. The molecule has 7 nitrogen and oxygen atoms in total. The van der Waals surface area contributed by atoms with Crippen molar-refractivity contribution in [1.29, 1.82) is 0 Å². The van der Waals surface area contributed by atoms with Gasteiger partial charge in [0.1, 0.15) is 22.8 Å². The van der Waals surface area contributed by atoms with Gasteiger partial charge in [0.15, 0.2) is 6.10 Å². The van der Waals surface area contributed by atoms with Gasteiger partial charge in [-0.05, 0) is 51.0 Å². The average Bonchev–Trinajstić information content (AvgIpc) is 3.29. The van der Waals surface area contributed by atoms with Crippen molar-refractivity contribution < 1.29 is 23.4 Å². The monoisotopic (exact) mass is 423 g/mol. The van der Waals surface area contributed by atoms with Crippen molar-refractivity contribution >= 4 is 16.9 Å². The van der Waals surface area contributed by atoms with Crippen LogP contribution in [0.5, 0.6) is 17.2 Å². The van der Waals surface area contributed by atoms with E-state index >= 15 is 0 Å². The molecule has 0 saturated carbocycles. The Balaban J connectivity index is 1.48. The molecule has 0 aliphatic carbocycles. The van der Waals surface area contributed by atoms with E-state index in [0.29, 0.717) is 34.8 Å². The predicted octanol–water partition coefficient (Wildman–Crippen LogP) is 3.96. The second-order valence-corrected chi connectivity index (χ2v) is 7.53. The van der Waals surface area contributed by atoms with Crippen LogP contribution in [0.2, 0.25) is 0 Å². The highest BCUT2D eigenvalue weighted by molar-refractivity contribution is 5.82. The van der Waals surface area contributed by atoms with Crippen molar-refractivity contribution in [1.82, 2.24) is 5.32 Å². The van der Waals surface area contributed by atoms with Crippen LogP contribution in [0.4, 0.5) is 0 Å². The van der Waals surface area contributed by atoms with Gasteiger partial charge in [0, 0.05) is 19.2 Å². The third-order valence-electron chi connectivity index (χ3n) is 5.16. The van der Waals surface area contributed by atoms with E-state index in [2.05, 4.69) is 5.32 Å². The Morgan fingerprint density at radius 3 is 2.74 bits per heavy atom. The Morgan fingerprint density at radius 1 is 1.19 bits per heavy atom. The van der Waals surface area contributed by atoms with Crippen LogP contribution in [0.3, 0.4) is 0 Å². The van der Waals surface area contributed by atoms with Gasteiger partial charge in [-0.1, -0.05) is 18.2 Å². The molecule has 0 spiro atoms. The SMILES string of the molecule is Cc1oc2cc(O[C@@H](C)C(=O)NC[C@H]3CCCO3)ccc2c(=O)c1Oc1ccccc1. The van der Waals surface area contributed by atoms with Crippen molar-refractivity contribution in [3.63, 3.8) is 0 Å². The molecule has 1 aliphatic rings. The van der Waals surface area contributed by atoms with Gasteiger partial charge in [0.25, 0.3) is 5.91 Å². The molecule has 1 amide bonds. The third-order valence-corrected chi connectivity index (χ3v) is 5.16. The van der Waals surface area contributed by atoms with Crippen LogP contribution in [0.15, 0.2) is 57.7 Å². The minimum Gasteiger partial charge on any atom is -0.481 e. The number of benzene rings is 2. The quantitative estimate of drug-likeness (QED) is 0.619. The number of para-hydroxylation sites is 1. The minimum atomic E-state index is -0.702. The molecule has 4 rings (SSSR count). The Hall–Kier alpha value is -3.32. The summed E-state index contributed by atoms with van der Waals surface area (Å²) >= 11 is 0. The van der Waals surface area contributed by atoms with Crippen molar-refractivity contribution in [3.05, 3.63) is 64.5 Å². The molecule has 0 unspecified atom stereocenters. The molecule has 0 radical (unpaired) electrons. The lowest BCUT2D eigenvalue weighted by Gasteiger charge is -2.17. The highest BCUT2D eigenvalue weighted by Crippen LogP contribution is 2.27. The zero-order valence-corrected chi connectivity index (χ0v) is 17.6. The van der Waals surface area contributed by atoms with Crippen LogP contribution in [-0.4, -0.2) is 31.3 Å². The number of nitrogens with one attached hydrogen (secondary N) is 1. The number of hydrogen-bond acceptors (Lipinski definition) is 6. The van der Waals surface area contributed by atoms with E-state index in [1.807, 2.05) is 18.2 Å². The molecule has 1 aliphatic heterocycles. The number of amides is 1. The van der Waals surface area contributed by atoms with E-state index in [4.69, 9.17) is 18.6 Å². The normalized spacial score (nSPS) is 16.8. The molecule has 1 saturated heterocycles. The number of hydrogen-bond donors (Lipinski definition) is 1. The number of ether oxygens (including phenoxy) is 3. The fourth-order valence-electron chi connectivity index (χ4n) is 3.49. The molecule has 3 aromatic rings. The first-order valence-corrected chi connectivity index (χ1v) is 10.4. The minimum absolute atomic E-state index is 0.0707. The van der Waals surface area contributed by atoms with E-state index in [1.54, 1.807) is 44.2 Å². The summed E-state index contributed by atoms with van der Waals surface area (Å²) in [6.45, 7) is 4.57.